The molecule has 0 saturated carbocycles. The van der Waals surface area contributed by atoms with Gasteiger partial charge in [0.15, 0.2) is 0 Å². The van der Waals surface area contributed by atoms with Crippen molar-refractivity contribution in [3.63, 3.8) is 0 Å². The highest BCUT2D eigenvalue weighted by atomic mass is 16.6. The first-order valence-electron chi connectivity index (χ1n) is 6.00. The highest BCUT2D eigenvalue weighted by Crippen LogP contribution is 2.21. The summed E-state index contributed by atoms with van der Waals surface area (Å²) in [6.45, 7) is 5.45. The molecule has 0 bridgehead atoms. The third-order valence-electron chi connectivity index (χ3n) is 2.42. The molecular weight excluding hydrogens is 242 g/mol. The Balaban J connectivity index is 2.32. The summed E-state index contributed by atoms with van der Waals surface area (Å²) in [5.74, 6) is 0. The summed E-state index contributed by atoms with van der Waals surface area (Å²) in [5.41, 5.74) is 7.30. The number of benzene rings is 1. The average Bonchev–Trinajstić information content (AvgIpc) is 2.76. The molecule has 0 saturated heterocycles. The normalized spacial score (nSPS) is 11.3. The molecule has 1 heterocycles. The highest BCUT2D eigenvalue weighted by Gasteiger charge is 2.20. The van der Waals surface area contributed by atoms with E-state index in [2.05, 4.69) is 5.10 Å². The van der Waals surface area contributed by atoms with Gasteiger partial charge in [-0.25, -0.2) is 4.79 Å². The molecule has 19 heavy (non-hydrogen) atoms. The first-order valence-corrected chi connectivity index (χ1v) is 6.00. The van der Waals surface area contributed by atoms with Gasteiger partial charge in [0, 0.05) is 11.3 Å². The van der Waals surface area contributed by atoms with E-state index >= 15 is 0 Å². The van der Waals surface area contributed by atoms with Crippen LogP contribution in [0.25, 0.3) is 11.3 Å². The Labute approximate surface area is 112 Å². The molecule has 5 heteroatoms. The van der Waals surface area contributed by atoms with Crippen molar-refractivity contribution in [1.82, 2.24) is 9.78 Å². The summed E-state index contributed by atoms with van der Waals surface area (Å²) in [6, 6.07) is 9.00. The van der Waals surface area contributed by atoms with Crippen LogP contribution in [-0.4, -0.2) is 21.5 Å². The van der Waals surface area contributed by atoms with Crippen LogP contribution in [0.15, 0.2) is 36.5 Å². The summed E-state index contributed by atoms with van der Waals surface area (Å²) in [7, 11) is 0. The van der Waals surface area contributed by atoms with Gasteiger partial charge in [-0.15, -0.1) is 0 Å². The number of hydrogen-bond acceptors (Lipinski definition) is 4. The van der Waals surface area contributed by atoms with E-state index in [9.17, 15) is 4.79 Å². The van der Waals surface area contributed by atoms with Crippen molar-refractivity contribution in [2.24, 2.45) is 0 Å². The number of nitrogens with two attached hydrogens (primary N) is 1. The summed E-state index contributed by atoms with van der Waals surface area (Å²) >= 11 is 0. The van der Waals surface area contributed by atoms with Crippen LogP contribution in [0.2, 0.25) is 0 Å². The lowest BCUT2D eigenvalue weighted by atomic mass is 10.1. The lowest BCUT2D eigenvalue weighted by Crippen LogP contribution is -2.28. The average molecular weight is 259 g/mol. The van der Waals surface area contributed by atoms with Crippen LogP contribution in [0, 0.1) is 0 Å². The first kappa shape index (κ1) is 13.1. The summed E-state index contributed by atoms with van der Waals surface area (Å²) in [4.78, 5) is 12.0. The van der Waals surface area contributed by atoms with Gasteiger partial charge in [0.25, 0.3) is 0 Å². The molecule has 0 fully saturated rings. The van der Waals surface area contributed by atoms with Crippen molar-refractivity contribution in [3.05, 3.63) is 36.5 Å². The molecule has 0 aliphatic carbocycles. The van der Waals surface area contributed by atoms with Gasteiger partial charge in [-0.2, -0.15) is 9.78 Å². The van der Waals surface area contributed by atoms with Crippen LogP contribution in [0.1, 0.15) is 20.8 Å². The Morgan fingerprint density at radius 1 is 1.21 bits per heavy atom. The molecule has 1 aromatic heterocycles. The van der Waals surface area contributed by atoms with E-state index in [4.69, 9.17) is 10.5 Å². The van der Waals surface area contributed by atoms with Crippen LogP contribution < -0.4 is 5.73 Å². The number of hydrogen-bond donors (Lipinski definition) is 1. The number of carbonyl (C=O) groups excluding carboxylic acids is 1. The van der Waals surface area contributed by atoms with E-state index in [-0.39, 0.29) is 0 Å². The number of nitrogens with zero attached hydrogens (tertiary/aromatic N) is 2. The van der Waals surface area contributed by atoms with Crippen LogP contribution in [0.4, 0.5) is 10.5 Å². The fourth-order valence-corrected chi connectivity index (χ4v) is 1.63. The smallest absolute Gasteiger partial charge is 0.435 e. The molecule has 0 aliphatic rings. The molecule has 0 spiro atoms. The van der Waals surface area contributed by atoms with Crippen LogP contribution in [-0.2, 0) is 4.74 Å². The van der Waals surface area contributed by atoms with E-state index in [0.717, 1.165) is 5.56 Å². The number of aromatic nitrogens is 2. The molecule has 0 aliphatic heterocycles. The summed E-state index contributed by atoms with van der Waals surface area (Å²) in [5, 5.41) is 4.01. The summed E-state index contributed by atoms with van der Waals surface area (Å²) < 4.78 is 6.55. The number of rotatable bonds is 1. The third-order valence-corrected chi connectivity index (χ3v) is 2.42. The van der Waals surface area contributed by atoms with Crippen LogP contribution in [0.5, 0.6) is 0 Å². The lowest BCUT2D eigenvalue weighted by Gasteiger charge is -2.19. The van der Waals surface area contributed by atoms with E-state index < -0.39 is 11.7 Å². The molecule has 2 aromatic rings. The Morgan fingerprint density at radius 3 is 2.42 bits per heavy atom. The molecule has 0 amide bonds. The largest absolute Gasteiger partial charge is 0.442 e. The monoisotopic (exact) mass is 259 g/mol. The molecule has 5 nitrogen and oxygen atoms in total. The quantitative estimate of drug-likeness (QED) is 0.799. The number of anilines is 1. The topological polar surface area (TPSA) is 70.1 Å². The van der Waals surface area contributed by atoms with Gasteiger partial charge in [0.1, 0.15) is 5.60 Å². The van der Waals surface area contributed by atoms with Gasteiger partial charge in [-0.1, -0.05) is 12.1 Å². The minimum absolute atomic E-state index is 0.496. The standard InChI is InChI=1S/C14H17N3O2/c1-14(2,3)19-13(18)17-12(8-9-16-17)10-4-6-11(15)7-5-10/h4-9H,15H2,1-3H3. The van der Waals surface area contributed by atoms with Crippen molar-refractivity contribution in [2.75, 3.05) is 5.73 Å². The number of nitrogen functional groups attached to an aromatic ring is 1. The maximum atomic E-state index is 12.0. The molecule has 2 N–H and O–H groups in total. The zero-order chi connectivity index (χ0) is 14.0. The molecule has 100 valence electrons. The van der Waals surface area contributed by atoms with E-state index in [1.807, 2.05) is 32.9 Å². The van der Waals surface area contributed by atoms with Gasteiger partial charge in [0.2, 0.25) is 0 Å². The minimum Gasteiger partial charge on any atom is -0.442 e. The second-order valence-electron chi connectivity index (χ2n) is 5.23. The molecule has 2 rings (SSSR count). The number of ether oxygens (including phenoxy) is 1. The van der Waals surface area contributed by atoms with Crippen LogP contribution in [0.3, 0.4) is 0 Å². The van der Waals surface area contributed by atoms with Crippen molar-refractivity contribution < 1.29 is 9.53 Å². The van der Waals surface area contributed by atoms with Crippen molar-refractivity contribution in [2.45, 2.75) is 26.4 Å². The zero-order valence-corrected chi connectivity index (χ0v) is 11.3. The van der Waals surface area contributed by atoms with Gasteiger partial charge in [-0.3, -0.25) is 0 Å². The predicted octanol–water partition coefficient (Wildman–Crippen LogP) is 2.92. The second-order valence-corrected chi connectivity index (χ2v) is 5.23. The second kappa shape index (κ2) is 4.76. The first-order chi connectivity index (χ1) is 8.87. The molecule has 0 unspecified atom stereocenters. The minimum atomic E-state index is -0.554. The fourth-order valence-electron chi connectivity index (χ4n) is 1.63. The lowest BCUT2D eigenvalue weighted by molar-refractivity contribution is 0.0518. The van der Waals surface area contributed by atoms with Crippen molar-refractivity contribution >= 4 is 11.8 Å². The van der Waals surface area contributed by atoms with Crippen molar-refractivity contribution in [1.29, 1.82) is 0 Å². The van der Waals surface area contributed by atoms with Gasteiger partial charge in [0.05, 0.1) is 11.9 Å². The van der Waals surface area contributed by atoms with Gasteiger partial charge in [-0.05, 0) is 39.0 Å². The highest BCUT2D eigenvalue weighted by molar-refractivity contribution is 5.77. The Hall–Kier alpha value is -2.30. The molecule has 0 atom stereocenters. The third kappa shape index (κ3) is 3.13. The molecule has 0 radical (unpaired) electrons. The Kier molecular flexibility index (Phi) is 3.29. The Bertz CT molecular complexity index is 579. The number of carbonyl (C=O) groups is 1. The van der Waals surface area contributed by atoms with Gasteiger partial charge < -0.3 is 10.5 Å². The van der Waals surface area contributed by atoms with E-state index in [1.54, 1.807) is 24.4 Å². The molecular formula is C14H17N3O2. The summed E-state index contributed by atoms with van der Waals surface area (Å²) in [6.07, 6.45) is 1.07. The maximum Gasteiger partial charge on any atom is 0.435 e. The molecule has 1 aromatic carbocycles. The van der Waals surface area contributed by atoms with Gasteiger partial charge >= 0.3 is 6.09 Å². The zero-order valence-electron chi connectivity index (χ0n) is 11.3. The maximum absolute atomic E-state index is 12.0. The predicted molar refractivity (Wildman–Crippen MR) is 73.7 cm³/mol. The van der Waals surface area contributed by atoms with Crippen molar-refractivity contribution in [3.8, 4) is 11.3 Å². The van der Waals surface area contributed by atoms with E-state index in [1.165, 1.54) is 4.68 Å². The van der Waals surface area contributed by atoms with E-state index in [0.29, 0.717) is 11.4 Å². The Morgan fingerprint density at radius 2 is 1.84 bits per heavy atom. The fraction of sp³-hybridized carbons (Fsp3) is 0.286. The van der Waals surface area contributed by atoms with Crippen LogP contribution >= 0.6 is 0 Å². The SMILES string of the molecule is CC(C)(C)OC(=O)n1nccc1-c1ccc(N)cc1.